The van der Waals surface area contributed by atoms with E-state index in [9.17, 15) is 4.79 Å². The van der Waals surface area contributed by atoms with Gasteiger partial charge in [-0.15, -0.1) is 0 Å². The van der Waals surface area contributed by atoms with Gasteiger partial charge in [-0.05, 0) is 61.6 Å². The van der Waals surface area contributed by atoms with Crippen molar-refractivity contribution in [3.63, 3.8) is 0 Å². The van der Waals surface area contributed by atoms with Gasteiger partial charge in [-0.2, -0.15) is 0 Å². The molecule has 2 saturated carbocycles. The molecular weight excluding hydrogens is 248 g/mol. The average Bonchev–Trinajstić information content (AvgIpc) is 3.09. The van der Waals surface area contributed by atoms with E-state index in [1.807, 2.05) is 12.1 Å². The van der Waals surface area contributed by atoms with Gasteiger partial charge in [0.25, 0.3) is 5.91 Å². The van der Waals surface area contributed by atoms with Gasteiger partial charge in [0.2, 0.25) is 0 Å². The van der Waals surface area contributed by atoms with E-state index in [1.54, 1.807) is 0 Å². The maximum atomic E-state index is 12.6. The molecule has 1 amide bonds. The van der Waals surface area contributed by atoms with Gasteiger partial charge in [0, 0.05) is 23.8 Å². The van der Waals surface area contributed by atoms with Crippen LogP contribution in [0.5, 0.6) is 0 Å². The summed E-state index contributed by atoms with van der Waals surface area (Å²) in [5, 5.41) is 6.71. The summed E-state index contributed by atoms with van der Waals surface area (Å²) in [6.07, 6.45) is 7.35. The molecule has 3 atom stereocenters. The molecule has 1 aliphatic heterocycles. The summed E-state index contributed by atoms with van der Waals surface area (Å²) in [6, 6.07) is 6.48. The Bertz CT molecular complexity index is 540. The maximum Gasteiger partial charge on any atom is 0.251 e. The van der Waals surface area contributed by atoms with Gasteiger partial charge in [-0.3, -0.25) is 4.79 Å². The lowest BCUT2D eigenvalue weighted by molar-refractivity contribution is 0.0922. The first-order valence-corrected chi connectivity index (χ1v) is 7.98. The quantitative estimate of drug-likeness (QED) is 0.867. The fourth-order valence-corrected chi connectivity index (χ4v) is 4.39. The fraction of sp³-hybridized carbons (Fsp3) is 0.588. The Kier molecular flexibility index (Phi) is 2.94. The lowest BCUT2D eigenvalue weighted by Gasteiger charge is -2.25. The lowest BCUT2D eigenvalue weighted by Crippen LogP contribution is -2.39. The van der Waals surface area contributed by atoms with Crippen LogP contribution < -0.4 is 10.6 Å². The highest BCUT2D eigenvalue weighted by Gasteiger charge is 2.40. The second-order valence-electron chi connectivity index (χ2n) is 6.62. The number of nitrogens with one attached hydrogen (secondary N) is 2. The molecule has 2 aliphatic carbocycles. The Labute approximate surface area is 120 Å². The SMILES string of the molecule is O=C(NC1CC2CCC1C2)c1cccc2c1CCCN2. The highest BCUT2D eigenvalue weighted by Crippen LogP contribution is 2.44. The van der Waals surface area contributed by atoms with Gasteiger partial charge < -0.3 is 10.6 Å². The highest BCUT2D eigenvalue weighted by atomic mass is 16.1. The summed E-state index contributed by atoms with van der Waals surface area (Å²) >= 11 is 0. The second kappa shape index (κ2) is 4.80. The zero-order valence-electron chi connectivity index (χ0n) is 11.8. The van der Waals surface area contributed by atoms with Crippen LogP contribution in [0.4, 0.5) is 5.69 Å². The third-order valence-corrected chi connectivity index (χ3v) is 5.39. The predicted octanol–water partition coefficient (Wildman–Crippen LogP) is 2.96. The minimum absolute atomic E-state index is 0.142. The van der Waals surface area contributed by atoms with Crippen LogP contribution in [0.25, 0.3) is 0 Å². The summed E-state index contributed by atoms with van der Waals surface area (Å²) in [5.41, 5.74) is 3.24. The average molecular weight is 270 g/mol. The van der Waals surface area contributed by atoms with Gasteiger partial charge in [0.15, 0.2) is 0 Å². The van der Waals surface area contributed by atoms with Gasteiger partial charge in [-0.1, -0.05) is 12.5 Å². The summed E-state index contributed by atoms with van der Waals surface area (Å²) in [5.74, 6) is 1.75. The van der Waals surface area contributed by atoms with Gasteiger partial charge >= 0.3 is 0 Å². The molecule has 4 rings (SSSR count). The fourth-order valence-electron chi connectivity index (χ4n) is 4.39. The summed E-state index contributed by atoms with van der Waals surface area (Å²) in [7, 11) is 0. The first-order valence-electron chi connectivity index (χ1n) is 7.98. The molecule has 3 unspecified atom stereocenters. The van der Waals surface area contributed by atoms with Crippen LogP contribution in [0.1, 0.15) is 48.0 Å². The van der Waals surface area contributed by atoms with Gasteiger partial charge in [0.1, 0.15) is 0 Å². The van der Waals surface area contributed by atoms with Crippen LogP contribution >= 0.6 is 0 Å². The lowest BCUT2D eigenvalue weighted by atomic mass is 9.93. The third kappa shape index (κ3) is 2.00. The normalized spacial score (nSPS) is 30.7. The van der Waals surface area contributed by atoms with Crippen molar-refractivity contribution in [2.75, 3.05) is 11.9 Å². The van der Waals surface area contributed by atoms with Crippen LogP contribution in [0.15, 0.2) is 18.2 Å². The molecule has 106 valence electrons. The van der Waals surface area contributed by atoms with Crippen LogP contribution in [-0.4, -0.2) is 18.5 Å². The standard InChI is InChI=1S/C17H22N2O/c20-17(19-16-10-11-6-7-12(16)9-11)14-3-1-5-15-13(14)4-2-8-18-15/h1,3,5,11-12,16,18H,2,4,6-10H2,(H,19,20). The van der Waals surface area contributed by atoms with E-state index < -0.39 is 0 Å². The summed E-state index contributed by atoms with van der Waals surface area (Å²) < 4.78 is 0. The number of amides is 1. The maximum absolute atomic E-state index is 12.6. The van der Waals surface area contributed by atoms with E-state index in [1.165, 1.54) is 31.2 Å². The molecule has 2 fully saturated rings. The Hall–Kier alpha value is -1.51. The van der Waals surface area contributed by atoms with Gasteiger partial charge in [0.05, 0.1) is 0 Å². The zero-order valence-corrected chi connectivity index (χ0v) is 11.8. The number of hydrogen-bond acceptors (Lipinski definition) is 2. The molecule has 1 aromatic rings. The van der Waals surface area contributed by atoms with E-state index >= 15 is 0 Å². The number of fused-ring (bicyclic) bond motifs is 3. The number of hydrogen-bond donors (Lipinski definition) is 2. The van der Waals surface area contributed by atoms with Crippen LogP contribution in [-0.2, 0) is 6.42 Å². The molecule has 0 spiro atoms. The van der Waals surface area contributed by atoms with Crippen LogP contribution in [0, 0.1) is 11.8 Å². The first-order chi connectivity index (χ1) is 9.81. The topological polar surface area (TPSA) is 41.1 Å². The molecule has 3 aliphatic rings. The van der Waals surface area contributed by atoms with E-state index in [0.717, 1.165) is 42.5 Å². The van der Waals surface area contributed by atoms with Crippen LogP contribution in [0.3, 0.4) is 0 Å². The van der Waals surface area contributed by atoms with Crippen molar-refractivity contribution in [1.29, 1.82) is 0 Å². The molecule has 0 radical (unpaired) electrons. The number of rotatable bonds is 2. The Morgan fingerprint density at radius 3 is 3.00 bits per heavy atom. The van der Waals surface area contributed by atoms with Gasteiger partial charge in [-0.25, -0.2) is 0 Å². The van der Waals surface area contributed by atoms with Crippen molar-refractivity contribution in [2.45, 2.75) is 44.6 Å². The molecule has 2 bridgehead atoms. The van der Waals surface area contributed by atoms with Crippen molar-refractivity contribution in [2.24, 2.45) is 11.8 Å². The summed E-state index contributed by atoms with van der Waals surface area (Å²) in [6.45, 7) is 1.02. The molecule has 20 heavy (non-hydrogen) atoms. The third-order valence-electron chi connectivity index (χ3n) is 5.39. The number of benzene rings is 1. The predicted molar refractivity (Wildman–Crippen MR) is 80.0 cm³/mol. The highest BCUT2D eigenvalue weighted by molar-refractivity contribution is 5.97. The molecule has 1 aromatic carbocycles. The Balaban J connectivity index is 1.54. The molecule has 1 heterocycles. The van der Waals surface area contributed by atoms with Crippen molar-refractivity contribution < 1.29 is 4.79 Å². The molecule has 0 saturated heterocycles. The minimum atomic E-state index is 0.142. The number of anilines is 1. The van der Waals surface area contributed by atoms with Crippen molar-refractivity contribution >= 4 is 11.6 Å². The van der Waals surface area contributed by atoms with Crippen LogP contribution in [0.2, 0.25) is 0 Å². The molecule has 0 aromatic heterocycles. The molecule has 3 nitrogen and oxygen atoms in total. The monoisotopic (exact) mass is 270 g/mol. The Morgan fingerprint density at radius 2 is 2.20 bits per heavy atom. The smallest absolute Gasteiger partial charge is 0.251 e. The van der Waals surface area contributed by atoms with E-state index in [2.05, 4.69) is 16.7 Å². The van der Waals surface area contributed by atoms with Crippen molar-refractivity contribution in [3.8, 4) is 0 Å². The number of carbonyl (C=O) groups is 1. The van der Waals surface area contributed by atoms with E-state index in [4.69, 9.17) is 0 Å². The number of carbonyl (C=O) groups excluding carboxylic acids is 1. The van der Waals surface area contributed by atoms with Crippen molar-refractivity contribution in [1.82, 2.24) is 5.32 Å². The largest absolute Gasteiger partial charge is 0.385 e. The zero-order chi connectivity index (χ0) is 13.5. The van der Waals surface area contributed by atoms with E-state index in [-0.39, 0.29) is 5.91 Å². The van der Waals surface area contributed by atoms with E-state index in [0.29, 0.717) is 6.04 Å². The molecule has 2 N–H and O–H groups in total. The Morgan fingerprint density at radius 1 is 1.25 bits per heavy atom. The first kappa shape index (κ1) is 12.2. The molecular formula is C17H22N2O. The minimum Gasteiger partial charge on any atom is -0.385 e. The second-order valence-corrected chi connectivity index (χ2v) is 6.62. The molecule has 3 heteroatoms. The summed E-state index contributed by atoms with van der Waals surface area (Å²) in [4.78, 5) is 12.6. The van der Waals surface area contributed by atoms with Crippen molar-refractivity contribution in [3.05, 3.63) is 29.3 Å².